The van der Waals surface area contributed by atoms with Crippen LogP contribution in [-0.2, 0) is 12.1 Å². The maximum atomic E-state index is 13.1. The molecule has 0 saturated heterocycles. The van der Waals surface area contributed by atoms with Gasteiger partial charge in [0.2, 0.25) is 0 Å². The number of H-pyrrole nitrogens is 1. The minimum absolute atomic E-state index is 0.0825. The second-order valence-electron chi connectivity index (χ2n) is 10.0. The first-order chi connectivity index (χ1) is 15.6. The van der Waals surface area contributed by atoms with Crippen molar-refractivity contribution in [3.63, 3.8) is 0 Å². The molecule has 0 spiro atoms. The van der Waals surface area contributed by atoms with Crippen molar-refractivity contribution in [2.24, 2.45) is 5.92 Å². The first-order valence-corrected chi connectivity index (χ1v) is 11.9. The van der Waals surface area contributed by atoms with Crippen LogP contribution in [0.2, 0.25) is 0 Å². The van der Waals surface area contributed by atoms with Crippen LogP contribution in [0.1, 0.15) is 76.0 Å². The topological polar surface area (TPSA) is 99.9 Å². The van der Waals surface area contributed by atoms with Gasteiger partial charge in [-0.05, 0) is 80.0 Å². The van der Waals surface area contributed by atoms with Crippen LogP contribution in [0.3, 0.4) is 0 Å². The van der Waals surface area contributed by atoms with Crippen molar-refractivity contribution >= 4 is 10.9 Å². The van der Waals surface area contributed by atoms with Crippen LogP contribution in [0.5, 0.6) is 0 Å². The van der Waals surface area contributed by atoms with Crippen LogP contribution in [-0.4, -0.2) is 48.3 Å². The average molecular weight is 455 g/mol. The Morgan fingerprint density at radius 2 is 1.94 bits per heavy atom. The molecule has 8 heteroatoms. The highest BCUT2D eigenvalue weighted by molar-refractivity contribution is 5.82. The fourth-order valence-electron chi connectivity index (χ4n) is 4.50. The predicted molar refractivity (Wildman–Crippen MR) is 131 cm³/mol. The molecule has 0 aliphatic rings. The SMILES string of the molecule is CCC(C)(C)n1nnnc1[C@@H](C(C)C)N(CCCO)Cc1cc2cc(C)cc(C)c2[nH]c1=O. The van der Waals surface area contributed by atoms with Crippen LogP contribution in [0.15, 0.2) is 23.0 Å². The van der Waals surface area contributed by atoms with E-state index in [1.54, 1.807) is 0 Å². The number of pyridine rings is 1. The minimum atomic E-state index is -0.232. The van der Waals surface area contributed by atoms with Crippen molar-refractivity contribution in [2.75, 3.05) is 13.2 Å². The zero-order chi connectivity index (χ0) is 24.3. The molecule has 0 fully saturated rings. The van der Waals surface area contributed by atoms with Gasteiger partial charge < -0.3 is 10.1 Å². The number of rotatable bonds is 10. The van der Waals surface area contributed by atoms with Gasteiger partial charge >= 0.3 is 0 Å². The molecule has 0 bridgehead atoms. The summed E-state index contributed by atoms with van der Waals surface area (Å²) >= 11 is 0. The molecule has 3 aromatic rings. The number of aromatic amines is 1. The zero-order valence-electron chi connectivity index (χ0n) is 21.0. The molecule has 180 valence electrons. The second kappa shape index (κ2) is 10.1. The number of aryl methyl sites for hydroxylation is 2. The summed E-state index contributed by atoms with van der Waals surface area (Å²) < 4.78 is 1.92. The van der Waals surface area contributed by atoms with Crippen molar-refractivity contribution in [1.29, 1.82) is 0 Å². The third-order valence-corrected chi connectivity index (χ3v) is 6.57. The van der Waals surface area contributed by atoms with E-state index in [1.165, 1.54) is 0 Å². The third-order valence-electron chi connectivity index (χ3n) is 6.57. The monoisotopic (exact) mass is 454 g/mol. The molecule has 1 aromatic carbocycles. The van der Waals surface area contributed by atoms with Crippen molar-refractivity contribution in [3.8, 4) is 0 Å². The van der Waals surface area contributed by atoms with Crippen LogP contribution >= 0.6 is 0 Å². The summed E-state index contributed by atoms with van der Waals surface area (Å²) in [6.07, 6.45) is 1.49. The number of aliphatic hydroxyl groups excluding tert-OH is 1. The van der Waals surface area contributed by atoms with Crippen molar-refractivity contribution < 1.29 is 5.11 Å². The quantitative estimate of drug-likeness (QED) is 0.483. The van der Waals surface area contributed by atoms with E-state index in [1.807, 2.05) is 17.7 Å². The summed E-state index contributed by atoms with van der Waals surface area (Å²) in [5, 5.41) is 23.4. The van der Waals surface area contributed by atoms with E-state index in [9.17, 15) is 9.90 Å². The van der Waals surface area contributed by atoms with Gasteiger partial charge in [0.1, 0.15) is 0 Å². The molecular weight excluding hydrogens is 416 g/mol. The van der Waals surface area contributed by atoms with E-state index < -0.39 is 0 Å². The van der Waals surface area contributed by atoms with Gasteiger partial charge in [0.15, 0.2) is 5.82 Å². The number of nitrogens with one attached hydrogen (secondary N) is 1. The van der Waals surface area contributed by atoms with Crippen molar-refractivity contribution in [2.45, 2.75) is 79.4 Å². The van der Waals surface area contributed by atoms with Gasteiger partial charge in [0, 0.05) is 25.3 Å². The molecule has 2 N–H and O–H groups in total. The number of nitrogens with zero attached hydrogens (tertiary/aromatic N) is 5. The molecule has 1 atom stereocenters. The van der Waals surface area contributed by atoms with Gasteiger partial charge in [-0.2, -0.15) is 0 Å². The van der Waals surface area contributed by atoms with E-state index >= 15 is 0 Å². The Morgan fingerprint density at radius 3 is 2.58 bits per heavy atom. The maximum absolute atomic E-state index is 13.1. The first kappa shape index (κ1) is 25.1. The molecule has 3 rings (SSSR count). The molecule has 0 aliphatic heterocycles. The fourth-order valence-corrected chi connectivity index (χ4v) is 4.50. The molecule has 8 nitrogen and oxygen atoms in total. The number of fused-ring (bicyclic) bond motifs is 1. The summed E-state index contributed by atoms with van der Waals surface area (Å²) in [6.45, 7) is 15.9. The summed E-state index contributed by atoms with van der Waals surface area (Å²) in [7, 11) is 0. The van der Waals surface area contributed by atoms with Gasteiger partial charge in [0.05, 0.1) is 17.1 Å². The van der Waals surface area contributed by atoms with E-state index in [0.29, 0.717) is 25.1 Å². The lowest BCUT2D eigenvalue weighted by Gasteiger charge is -2.35. The molecule has 0 unspecified atom stereocenters. The van der Waals surface area contributed by atoms with Gasteiger partial charge in [-0.3, -0.25) is 9.69 Å². The molecular formula is C25H38N6O2. The summed E-state index contributed by atoms with van der Waals surface area (Å²) in [5.41, 5.74) is 3.49. The van der Waals surface area contributed by atoms with E-state index in [2.05, 4.69) is 79.1 Å². The number of tetrazole rings is 1. The van der Waals surface area contributed by atoms with Gasteiger partial charge in [-0.25, -0.2) is 4.68 Å². The second-order valence-corrected chi connectivity index (χ2v) is 10.0. The number of aromatic nitrogens is 5. The fraction of sp³-hybridized carbons (Fsp3) is 0.600. The minimum Gasteiger partial charge on any atom is -0.396 e. The summed E-state index contributed by atoms with van der Waals surface area (Å²) in [6, 6.07) is 6.07. The smallest absolute Gasteiger partial charge is 0.252 e. The third kappa shape index (κ3) is 5.33. The Balaban J connectivity index is 2.07. The molecule has 2 heterocycles. The van der Waals surface area contributed by atoms with Gasteiger partial charge in [-0.1, -0.05) is 32.4 Å². The molecule has 0 amide bonds. The summed E-state index contributed by atoms with van der Waals surface area (Å²) in [5.74, 6) is 0.990. The first-order valence-electron chi connectivity index (χ1n) is 11.9. The largest absolute Gasteiger partial charge is 0.396 e. The number of hydrogen-bond donors (Lipinski definition) is 2. The Morgan fingerprint density at radius 1 is 1.21 bits per heavy atom. The maximum Gasteiger partial charge on any atom is 0.252 e. The van der Waals surface area contributed by atoms with E-state index in [0.717, 1.165) is 34.3 Å². The lowest BCUT2D eigenvalue weighted by molar-refractivity contribution is 0.115. The highest BCUT2D eigenvalue weighted by atomic mass is 16.3. The van der Waals surface area contributed by atoms with E-state index in [4.69, 9.17) is 0 Å². The van der Waals surface area contributed by atoms with Gasteiger partial charge in [-0.15, -0.1) is 5.10 Å². The standard InChI is InChI=1S/C25H38N6O2/c1-8-25(6,7)31-23(27-28-29-31)22(16(2)3)30(10-9-11-32)15-20-14-19-13-17(4)12-18(5)21(19)26-24(20)33/h12-14,16,22,32H,8-11,15H2,1-7H3,(H,26,33)/t22-/m1/s1. The van der Waals surface area contributed by atoms with E-state index in [-0.39, 0.29) is 29.7 Å². The summed E-state index contributed by atoms with van der Waals surface area (Å²) in [4.78, 5) is 18.4. The van der Waals surface area contributed by atoms with Crippen molar-refractivity contribution in [1.82, 2.24) is 30.1 Å². The van der Waals surface area contributed by atoms with Gasteiger partial charge in [0.25, 0.3) is 5.56 Å². The number of hydrogen-bond acceptors (Lipinski definition) is 6. The Bertz CT molecular complexity index is 1150. The normalized spacial score (nSPS) is 13.4. The molecule has 0 saturated carbocycles. The molecule has 2 aromatic heterocycles. The molecule has 0 radical (unpaired) electrons. The van der Waals surface area contributed by atoms with Crippen molar-refractivity contribution in [3.05, 3.63) is 51.1 Å². The van der Waals surface area contributed by atoms with Crippen LogP contribution in [0.4, 0.5) is 0 Å². The number of benzene rings is 1. The molecule has 33 heavy (non-hydrogen) atoms. The highest BCUT2D eigenvalue weighted by Crippen LogP contribution is 2.32. The lowest BCUT2D eigenvalue weighted by Crippen LogP contribution is -2.39. The van der Waals surface area contributed by atoms with Crippen LogP contribution < -0.4 is 5.56 Å². The van der Waals surface area contributed by atoms with Crippen LogP contribution in [0, 0.1) is 19.8 Å². The Hall–Kier alpha value is -2.58. The lowest BCUT2D eigenvalue weighted by atomic mass is 9.97. The predicted octanol–water partition coefficient (Wildman–Crippen LogP) is 3.86. The number of aliphatic hydroxyl groups is 1. The Labute approximate surface area is 196 Å². The average Bonchev–Trinajstić information content (AvgIpc) is 3.23. The van der Waals surface area contributed by atoms with Crippen LogP contribution in [0.25, 0.3) is 10.9 Å². The zero-order valence-corrected chi connectivity index (χ0v) is 21.0. The Kier molecular flexibility index (Phi) is 7.69. The molecule has 0 aliphatic carbocycles. The highest BCUT2D eigenvalue weighted by Gasteiger charge is 2.33.